The Balaban J connectivity index is 1.65. The molecule has 4 rings (SSSR count). The monoisotopic (exact) mass is 452 g/mol. The number of aromatic carboxylic acids is 1. The molecule has 0 atom stereocenters. The minimum Gasteiger partial charge on any atom is -0.478 e. The summed E-state index contributed by atoms with van der Waals surface area (Å²) in [6.45, 7) is 0.594. The fourth-order valence-corrected chi connectivity index (χ4v) is 4.83. The summed E-state index contributed by atoms with van der Waals surface area (Å²) >= 11 is 9.75. The van der Waals surface area contributed by atoms with Crippen LogP contribution in [0.15, 0.2) is 88.6 Å². The molecule has 2 heterocycles. The number of thiophene rings is 1. The van der Waals surface area contributed by atoms with Gasteiger partial charge in [0.2, 0.25) is 0 Å². The molecule has 0 amide bonds. The molecule has 2 aromatic carbocycles. The molecule has 0 saturated carbocycles. The second kappa shape index (κ2) is 9.34. The first-order chi connectivity index (χ1) is 14.6. The van der Waals surface area contributed by atoms with E-state index < -0.39 is 5.97 Å². The summed E-state index contributed by atoms with van der Waals surface area (Å²) in [4.78, 5) is 16.7. The van der Waals surface area contributed by atoms with E-state index in [0.29, 0.717) is 17.4 Å². The van der Waals surface area contributed by atoms with Gasteiger partial charge in [-0.2, -0.15) is 11.3 Å². The third-order valence-corrected chi connectivity index (χ3v) is 6.37. The van der Waals surface area contributed by atoms with Crippen molar-refractivity contribution in [3.63, 3.8) is 0 Å². The Morgan fingerprint density at radius 1 is 1.07 bits per heavy atom. The molecule has 30 heavy (non-hydrogen) atoms. The maximum atomic E-state index is 11.1. The quantitative estimate of drug-likeness (QED) is 0.310. The van der Waals surface area contributed by atoms with Crippen molar-refractivity contribution < 1.29 is 9.90 Å². The lowest BCUT2D eigenvalue weighted by molar-refractivity contribution is 0.0697. The number of carboxylic acid groups (broad SMARTS) is 1. The molecule has 0 spiro atoms. The normalized spacial score (nSPS) is 10.7. The van der Waals surface area contributed by atoms with Gasteiger partial charge in [-0.15, -0.1) is 0 Å². The van der Waals surface area contributed by atoms with Gasteiger partial charge in [0.1, 0.15) is 0 Å². The number of benzene rings is 2. The molecular weight excluding hydrogens is 436 g/mol. The zero-order valence-corrected chi connectivity index (χ0v) is 18.1. The van der Waals surface area contributed by atoms with E-state index in [9.17, 15) is 4.79 Å². The van der Waals surface area contributed by atoms with Crippen molar-refractivity contribution in [2.45, 2.75) is 11.4 Å². The van der Waals surface area contributed by atoms with Gasteiger partial charge < -0.3 is 5.11 Å². The predicted octanol–water partition coefficient (Wildman–Crippen LogP) is 6.88. The molecule has 0 saturated heterocycles. The lowest BCUT2D eigenvalue weighted by Gasteiger charge is -2.24. The van der Waals surface area contributed by atoms with Gasteiger partial charge in [0, 0.05) is 16.7 Å². The van der Waals surface area contributed by atoms with Crippen LogP contribution in [0, 0.1) is 0 Å². The number of carboxylic acids is 1. The zero-order valence-electron chi connectivity index (χ0n) is 15.7. The Labute approximate surface area is 187 Å². The standard InChI is InChI=1S/C23H17ClN2O2S2/c24-21-12-19(18-10-11-29-15-18)13-25-22(21)26(14-16-4-2-1-3-5-16)30-20-8-6-17(7-9-20)23(27)28/h1-13,15H,14H2,(H,27,28). The number of anilines is 1. The first kappa shape index (κ1) is 20.5. The van der Waals surface area contributed by atoms with Gasteiger partial charge in [-0.25, -0.2) is 9.78 Å². The number of hydrogen-bond donors (Lipinski definition) is 1. The number of aromatic nitrogens is 1. The van der Waals surface area contributed by atoms with Crippen molar-refractivity contribution in [3.05, 3.63) is 99.8 Å². The van der Waals surface area contributed by atoms with Crippen molar-refractivity contribution in [2.75, 3.05) is 4.31 Å². The van der Waals surface area contributed by atoms with Gasteiger partial charge >= 0.3 is 5.97 Å². The van der Waals surface area contributed by atoms with Gasteiger partial charge in [0.05, 0.1) is 17.1 Å². The van der Waals surface area contributed by atoms with Crippen LogP contribution < -0.4 is 4.31 Å². The summed E-state index contributed by atoms with van der Waals surface area (Å²) in [6.07, 6.45) is 1.83. The van der Waals surface area contributed by atoms with E-state index in [1.54, 1.807) is 35.6 Å². The third kappa shape index (κ3) is 4.84. The highest BCUT2D eigenvalue weighted by atomic mass is 35.5. The summed E-state index contributed by atoms with van der Waals surface area (Å²) in [5, 5.41) is 13.8. The molecule has 0 radical (unpaired) electrons. The molecule has 150 valence electrons. The molecule has 0 bridgehead atoms. The lowest BCUT2D eigenvalue weighted by atomic mass is 10.1. The smallest absolute Gasteiger partial charge is 0.335 e. The summed E-state index contributed by atoms with van der Waals surface area (Å²) in [5.74, 6) is -0.284. The van der Waals surface area contributed by atoms with E-state index >= 15 is 0 Å². The van der Waals surface area contributed by atoms with Crippen molar-refractivity contribution in [1.82, 2.24) is 4.98 Å². The van der Waals surface area contributed by atoms with E-state index in [4.69, 9.17) is 16.7 Å². The minimum atomic E-state index is -0.943. The summed E-state index contributed by atoms with van der Waals surface area (Å²) < 4.78 is 2.02. The second-order valence-corrected chi connectivity index (χ2v) is 8.77. The molecular formula is C23H17ClN2O2S2. The van der Waals surface area contributed by atoms with Gasteiger partial charge in [0.15, 0.2) is 5.82 Å². The molecule has 0 fully saturated rings. The van der Waals surface area contributed by atoms with Crippen LogP contribution in [0.2, 0.25) is 5.02 Å². The van der Waals surface area contributed by atoms with Crippen LogP contribution in [0.5, 0.6) is 0 Å². The van der Waals surface area contributed by atoms with Crippen LogP contribution in [0.4, 0.5) is 5.82 Å². The van der Waals surface area contributed by atoms with E-state index in [0.717, 1.165) is 21.6 Å². The van der Waals surface area contributed by atoms with E-state index in [-0.39, 0.29) is 5.56 Å². The first-order valence-corrected chi connectivity index (χ1v) is 11.2. The van der Waals surface area contributed by atoms with Gasteiger partial charge in [-0.05, 0) is 70.2 Å². The number of rotatable bonds is 7. The molecule has 0 aliphatic carbocycles. The largest absolute Gasteiger partial charge is 0.478 e. The van der Waals surface area contributed by atoms with E-state index in [1.807, 2.05) is 46.2 Å². The highest BCUT2D eigenvalue weighted by molar-refractivity contribution is 8.00. The molecule has 2 aromatic heterocycles. The van der Waals surface area contributed by atoms with Gasteiger partial charge in [-0.3, -0.25) is 4.31 Å². The van der Waals surface area contributed by atoms with Gasteiger partial charge in [0.25, 0.3) is 0 Å². The number of carbonyl (C=O) groups is 1. The predicted molar refractivity (Wildman–Crippen MR) is 124 cm³/mol. The number of hydrogen-bond acceptors (Lipinski definition) is 5. The van der Waals surface area contributed by atoms with Crippen LogP contribution in [0.1, 0.15) is 15.9 Å². The highest BCUT2D eigenvalue weighted by Crippen LogP contribution is 2.36. The number of pyridine rings is 1. The van der Waals surface area contributed by atoms with Gasteiger partial charge in [-0.1, -0.05) is 41.9 Å². The van der Waals surface area contributed by atoms with Crippen molar-refractivity contribution in [1.29, 1.82) is 0 Å². The average molecular weight is 453 g/mol. The average Bonchev–Trinajstić information content (AvgIpc) is 3.29. The lowest BCUT2D eigenvalue weighted by Crippen LogP contribution is -2.15. The first-order valence-electron chi connectivity index (χ1n) is 9.11. The molecule has 0 unspecified atom stereocenters. The molecule has 0 aliphatic rings. The Morgan fingerprint density at radius 3 is 2.47 bits per heavy atom. The van der Waals surface area contributed by atoms with Crippen LogP contribution in [-0.4, -0.2) is 16.1 Å². The second-order valence-electron chi connectivity index (χ2n) is 6.48. The maximum absolute atomic E-state index is 11.1. The topological polar surface area (TPSA) is 53.4 Å². The zero-order chi connectivity index (χ0) is 20.9. The highest BCUT2D eigenvalue weighted by Gasteiger charge is 2.16. The van der Waals surface area contributed by atoms with Crippen LogP contribution in [-0.2, 0) is 6.54 Å². The summed E-state index contributed by atoms with van der Waals surface area (Å²) in [5.41, 5.74) is 3.44. The molecule has 4 aromatic rings. The minimum absolute atomic E-state index is 0.255. The van der Waals surface area contributed by atoms with Crippen LogP contribution in [0.25, 0.3) is 11.1 Å². The van der Waals surface area contributed by atoms with E-state index in [1.165, 1.54) is 11.9 Å². The number of halogens is 1. The fourth-order valence-electron chi connectivity index (χ4n) is 2.89. The molecule has 7 heteroatoms. The Morgan fingerprint density at radius 2 is 1.83 bits per heavy atom. The Kier molecular flexibility index (Phi) is 6.38. The molecule has 1 N–H and O–H groups in total. The van der Waals surface area contributed by atoms with Crippen molar-refractivity contribution in [2.24, 2.45) is 0 Å². The molecule has 0 aliphatic heterocycles. The fraction of sp³-hybridized carbons (Fsp3) is 0.0435. The van der Waals surface area contributed by atoms with Crippen LogP contribution >= 0.6 is 34.9 Å². The summed E-state index contributed by atoms with van der Waals surface area (Å²) in [6, 6.07) is 20.8. The summed E-state index contributed by atoms with van der Waals surface area (Å²) in [7, 11) is 0. The Hall–Kier alpha value is -2.80. The van der Waals surface area contributed by atoms with E-state index in [2.05, 4.69) is 22.5 Å². The SMILES string of the molecule is O=C(O)c1ccc(SN(Cc2ccccc2)c2ncc(-c3ccsc3)cc2Cl)cc1. The number of nitrogens with zero attached hydrogens (tertiary/aromatic N) is 2. The van der Waals surface area contributed by atoms with Crippen LogP contribution in [0.3, 0.4) is 0 Å². The molecule has 4 nitrogen and oxygen atoms in total. The third-order valence-electron chi connectivity index (χ3n) is 4.40. The maximum Gasteiger partial charge on any atom is 0.335 e. The van der Waals surface area contributed by atoms with Crippen molar-refractivity contribution >= 4 is 46.7 Å². The Bertz CT molecular complexity index is 1130. The van der Waals surface area contributed by atoms with Crippen molar-refractivity contribution in [3.8, 4) is 11.1 Å².